The Morgan fingerprint density at radius 2 is 1.46 bits per heavy atom. The van der Waals surface area contributed by atoms with Crippen LogP contribution in [0.5, 0.6) is 0 Å². The summed E-state index contributed by atoms with van der Waals surface area (Å²) in [4.78, 5) is 59.6. The number of aliphatic hydroxyl groups is 1. The molecule has 1 heterocycles. The number of benzene rings is 3. The summed E-state index contributed by atoms with van der Waals surface area (Å²) in [5, 5.41) is 13.8. The molecular formula is C48H65N3O8. The lowest BCUT2D eigenvalue weighted by Gasteiger charge is -2.40. The molecule has 0 bridgehead atoms. The predicted molar refractivity (Wildman–Crippen MR) is 228 cm³/mol. The van der Waals surface area contributed by atoms with Crippen molar-refractivity contribution in [1.29, 1.82) is 0 Å². The minimum atomic E-state index is -1.05. The van der Waals surface area contributed by atoms with Crippen molar-refractivity contribution in [2.45, 2.75) is 110 Å². The number of nitrogens with one attached hydrogen (secondary N) is 1. The van der Waals surface area contributed by atoms with Crippen molar-refractivity contribution in [3.05, 3.63) is 95.6 Å². The fourth-order valence-electron chi connectivity index (χ4n) is 9.25. The van der Waals surface area contributed by atoms with E-state index in [2.05, 4.69) is 29.6 Å². The van der Waals surface area contributed by atoms with Crippen LogP contribution in [0.2, 0.25) is 0 Å². The number of nitrogens with zero attached hydrogens (tertiary/aromatic N) is 2. The van der Waals surface area contributed by atoms with Gasteiger partial charge in [0.1, 0.15) is 12.5 Å². The second-order valence-electron chi connectivity index (χ2n) is 16.8. The van der Waals surface area contributed by atoms with Crippen LogP contribution in [0.1, 0.15) is 95.9 Å². The molecule has 0 aromatic heterocycles. The monoisotopic (exact) mass is 811 g/mol. The fraction of sp³-hybridized carbons (Fsp3) is 0.542. The van der Waals surface area contributed by atoms with Gasteiger partial charge >= 0.3 is 5.97 Å². The van der Waals surface area contributed by atoms with E-state index in [4.69, 9.17) is 14.2 Å². The summed E-state index contributed by atoms with van der Waals surface area (Å²) >= 11 is 0. The maximum absolute atomic E-state index is 14.5. The Bertz CT molecular complexity index is 1840. The van der Waals surface area contributed by atoms with Crippen LogP contribution < -0.4 is 5.32 Å². The Morgan fingerprint density at radius 1 is 0.864 bits per heavy atom. The Labute approximate surface area is 350 Å². The van der Waals surface area contributed by atoms with E-state index in [9.17, 15) is 24.3 Å². The number of likely N-dealkylation sites (tertiary alicyclic amines) is 1. The molecule has 2 aliphatic rings. The first-order valence-corrected chi connectivity index (χ1v) is 21.2. The molecule has 2 N–H and O–H groups in total. The number of hydrogen-bond donors (Lipinski definition) is 2. The highest BCUT2D eigenvalue weighted by atomic mass is 16.5. The van der Waals surface area contributed by atoms with E-state index in [1.165, 1.54) is 0 Å². The molecule has 1 saturated heterocycles. The molecule has 11 heteroatoms. The minimum Gasteiger partial charge on any atom is -0.464 e. The average Bonchev–Trinajstić information content (AvgIpc) is 3.85. The number of amides is 3. The third kappa shape index (κ3) is 10.1. The number of methoxy groups -OCH3 is 2. The van der Waals surface area contributed by atoms with Gasteiger partial charge in [-0.3, -0.25) is 19.2 Å². The molecular weight excluding hydrogens is 747 g/mol. The molecule has 9 atom stereocenters. The quantitative estimate of drug-likeness (QED) is 0.100. The molecule has 1 aliphatic heterocycles. The highest BCUT2D eigenvalue weighted by Gasteiger charge is 2.44. The number of carbonyl (C=O) groups excluding carboxylic acids is 4. The minimum absolute atomic E-state index is 0.00572. The first kappa shape index (κ1) is 45.5. The smallest absolute Gasteiger partial charge is 0.318 e. The van der Waals surface area contributed by atoms with Crippen molar-refractivity contribution < 1.29 is 38.5 Å². The van der Waals surface area contributed by atoms with Crippen molar-refractivity contribution in [3.63, 3.8) is 0 Å². The number of likely N-dealkylation sites (N-methyl/N-ethyl adjacent to an activating group) is 1. The topological polar surface area (TPSA) is 135 Å². The highest BCUT2D eigenvalue weighted by molar-refractivity contribution is 5.98. The molecule has 0 radical (unpaired) electrons. The molecule has 0 saturated carbocycles. The number of aliphatic hydroxyl groups excluding tert-OH is 1. The van der Waals surface area contributed by atoms with Gasteiger partial charge in [0, 0.05) is 33.7 Å². The number of esters is 1. The van der Waals surface area contributed by atoms with Crippen LogP contribution in [0, 0.1) is 23.7 Å². The van der Waals surface area contributed by atoms with E-state index in [-0.39, 0.29) is 54.5 Å². The standard InChI is InChI=1S/C48H65N3O8/c1-10-30(4)43(50(7)47(55)42(29(2)3)48(56)59-28-38-36-23-16-14-21-34(36)35-22-15-17-24-37(35)38)40(57-8)27-41(52)51-26-18-25-39(51)45(58-9)31(5)46(54)49-32(6)44(53)33-19-12-11-13-20-33/h11-17,19-24,29-32,38-40,42-45,53H,10,18,25-28H2,1-9H3,(H,49,54)/t30-,31+,32+,39-,40+,42-,43-,44+,45+/m0/s1. The lowest BCUT2D eigenvalue weighted by atomic mass is 9.88. The number of carbonyl (C=O) groups is 4. The van der Waals surface area contributed by atoms with E-state index in [0.717, 1.165) is 28.7 Å². The average molecular weight is 812 g/mol. The van der Waals surface area contributed by atoms with E-state index >= 15 is 0 Å². The fourth-order valence-corrected chi connectivity index (χ4v) is 9.25. The largest absolute Gasteiger partial charge is 0.464 e. The summed E-state index contributed by atoms with van der Waals surface area (Å²) < 4.78 is 18.0. The maximum Gasteiger partial charge on any atom is 0.318 e. The summed E-state index contributed by atoms with van der Waals surface area (Å²) in [5.41, 5.74) is 5.15. The van der Waals surface area contributed by atoms with Gasteiger partial charge in [0.2, 0.25) is 17.7 Å². The molecule has 3 aromatic rings. The van der Waals surface area contributed by atoms with Crippen molar-refractivity contribution in [2.75, 3.05) is 34.4 Å². The Morgan fingerprint density at radius 3 is 2.02 bits per heavy atom. The van der Waals surface area contributed by atoms with Gasteiger partial charge < -0.3 is 34.4 Å². The number of rotatable bonds is 19. The van der Waals surface area contributed by atoms with E-state index in [1.54, 1.807) is 44.9 Å². The predicted octanol–water partition coefficient (Wildman–Crippen LogP) is 6.77. The molecule has 0 unspecified atom stereocenters. The van der Waals surface area contributed by atoms with Gasteiger partial charge in [0.25, 0.3) is 0 Å². The Balaban J connectivity index is 1.26. The summed E-state index contributed by atoms with van der Waals surface area (Å²) in [7, 11) is 4.79. The van der Waals surface area contributed by atoms with Crippen molar-refractivity contribution in [3.8, 4) is 11.1 Å². The Kier molecular flexibility index (Phi) is 15.9. The van der Waals surface area contributed by atoms with Gasteiger partial charge in [-0.25, -0.2) is 0 Å². The van der Waals surface area contributed by atoms with E-state index in [0.29, 0.717) is 24.9 Å². The van der Waals surface area contributed by atoms with Gasteiger partial charge in [-0.1, -0.05) is 120 Å². The third-order valence-corrected chi connectivity index (χ3v) is 12.8. The van der Waals surface area contributed by atoms with Crippen molar-refractivity contribution >= 4 is 23.7 Å². The normalized spacial score (nSPS) is 19.1. The summed E-state index contributed by atoms with van der Waals surface area (Å²) in [6.45, 7) is 11.9. The van der Waals surface area contributed by atoms with Gasteiger partial charge in [-0.2, -0.15) is 0 Å². The Hall–Kier alpha value is -4.58. The lowest BCUT2D eigenvalue weighted by Crippen LogP contribution is -2.55. The van der Waals surface area contributed by atoms with Crippen LogP contribution in [0.4, 0.5) is 0 Å². The zero-order valence-corrected chi connectivity index (χ0v) is 36.3. The molecule has 1 fully saturated rings. The van der Waals surface area contributed by atoms with Gasteiger partial charge in [-0.15, -0.1) is 0 Å². The zero-order chi connectivity index (χ0) is 43.0. The molecule has 59 heavy (non-hydrogen) atoms. The first-order chi connectivity index (χ1) is 28.2. The summed E-state index contributed by atoms with van der Waals surface area (Å²) in [5.74, 6) is -3.61. The molecule has 1 aliphatic carbocycles. The lowest BCUT2D eigenvalue weighted by molar-refractivity contribution is -0.161. The molecule has 3 aromatic carbocycles. The van der Waals surface area contributed by atoms with Crippen molar-refractivity contribution in [1.82, 2.24) is 15.1 Å². The van der Waals surface area contributed by atoms with Crippen LogP contribution in [-0.4, -0.2) is 103 Å². The molecule has 3 amide bonds. The van der Waals surface area contributed by atoms with Gasteiger partial charge in [0.15, 0.2) is 0 Å². The van der Waals surface area contributed by atoms with Gasteiger partial charge in [-0.05, 0) is 59.4 Å². The number of ether oxygens (including phenoxy) is 3. The van der Waals surface area contributed by atoms with Crippen LogP contribution in [0.15, 0.2) is 78.9 Å². The van der Waals surface area contributed by atoms with Crippen molar-refractivity contribution in [2.24, 2.45) is 23.7 Å². The second-order valence-corrected chi connectivity index (χ2v) is 16.8. The molecule has 320 valence electrons. The van der Waals surface area contributed by atoms with E-state index in [1.807, 2.05) is 82.3 Å². The van der Waals surface area contributed by atoms with Gasteiger partial charge in [0.05, 0.1) is 48.8 Å². The van der Waals surface area contributed by atoms with Crippen LogP contribution in [0.25, 0.3) is 11.1 Å². The number of fused-ring (bicyclic) bond motifs is 3. The van der Waals surface area contributed by atoms with Crippen LogP contribution in [-0.2, 0) is 33.4 Å². The zero-order valence-electron chi connectivity index (χ0n) is 36.3. The summed E-state index contributed by atoms with van der Waals surface area (Å²) in [6, 6.07) is 24.0. The van der Waals surface area contributed by atoms with E-state index < -0.39 is 48.2 Å². The molecule has 11 nitrogen and oxygen atoms in total. The maximum atomic E-state index is 14.5. The van der Waals surface area contributed by atoms with Crippen LogP contribution in [0.3, 0.4) is 0 Å². The second kappa shape index (κ2) is 20.6. The van der Waals surface area contributed by atoms with Crippen LogP contribution >= 0.6 is 0 Å². The third-order valence-electron chi connectivity index (χ3n) is 12.8. The summed E-state index contributed by atoms with van der Waals surface area (Å²) in [6.07, 6.45) is -0.0571. The molecule has 5 rings (SSSR count). The SMILES string of the molecule is CC[C@H](C)[C@@H]([C@@H](CC(=O)N1CCC[C@H]1[C@H](OC)[C@@H](C)C(=O)N[C@H](C)[C@@H](O)c1ccccc1)OC)N(C)C(=O)[C@@H](C(=O)OCC1c2ccccc2-c2ccccc21)C(C)C. The highest BCUT2D eigenvalue weighted by Crippen LogP contribution is 2.44. The first-order valence-electron chi connectivity index (χ1n) is 21.2. The molecule has 0 spiro atoms. The number of hydrogen-bond acceptors (Lipinski definition) is 8.